The third kappa shape index (κ3) is 4.61. The zero-order chi connectivity index (χ0) is 34.9. The van der Waals surface area contributed by atoms with Crippen molar-refractivity contribution in [1.29, 1.82) is 0 Å². The van der Waals surface area contributed by atoms with Crippen molar-refractivity contribution in [2.24, 2.45) is 0 Å². The summed E-state index contributed by atoms with van der Waals surface area (Å²) >= 11 is 1.85. The van der Waals surface area contributed by atoms with E-state index in [2.05, 4.69) is 109 Å². The molecule has 0 N–H and O–H groups in total. The molecule has 4 nitrogen and oxygen atoms in total. The summed E-state index contributed by atoms with van der Waals surface area (Å²) in [5.74, 6) is 1.95. The van der Waals surface area contributed by atoms with Gasteiger partial charge in [-0.15, -0.1) is 0 Å². The normalized spacial score (nSPS) is 15.2. The highest BCUT2D eigenvalue weighted by Gasteiger charge is 2.50. The number of nitrogens with zero attached hydrogens (tertiary/aromatic N) is 3. The molecule has 0 radical (unpaired) electrons. The van der Waals surface area contributed by atoms with Crippen LogP contribution in [0, 0.1) is 0 Å². The van der Waals surface area contributed by atoms with Crippen molar-refractivity contribution in [2.45, 2.75) is 15.2 Å². The van der Waals surface area contributed by atoms with E-state index >= 15 is 0 Å². The number of aromatic nitrogens is 3. The number of furan rings is 1. The van der Waals surface area contributed by atoms with Gasteiger partial charge in [-0.2, -0.15) is 0 Å². The van der Waals surface area contributed by atoms with Crippen LogP contribution < -0.4 is 0 Å². The SMILES string of the molecule is c1ccc(-c2nc(-c3ccccc3)nc(-c3ccc(-c4ccc5c(c4)C4(c6ccccc6S5)c5ccccc5-c5cc6ccoc6cc54)cc3)n2)cc1. The van der Waals surface area contributed by atoms with Gasteiger partial charge in [0.25, 0.3) is 0 Å². The number of fused-ring (bicyclic) bond motifs is 10. The Hall–Kier alpha value is -6.56. The molecule has 0 amide bonds. The monoisotopic (exact) mass is 695 g/mol. The maximum Gasteiger partial charge on any atom is 0.164 e. The first-order valence-electron chi connectivity index (χ1n) is 17.8. The van der Waals surface area contributed by atoms with Crippen LogP contribution in [-0.4, -0.2) is 15.0 Å². The fourth-order valence-electron chi connectivity index (χ4n) is 8.28. The molecule has 9 aromatic rings. The van der Waals surface area contributed by atoms with Gasteiger partial charge < -0.3 is 4.42 Å². The van der Waals surface area contributed by atoms with Crippen LogP contribution in [0.2, 0.25) is 0 Å². The van der Waals surface area contributed by atoms with E-state index in [1.165, 1.54) is 43.2 Å². The van der Waals surface area contributed by atoms with Gasteiger partial charge in [0.2, 0.25) is 0 Å². The van der Waals surface area contributed by atoms with Gasteiger partial charge in [0.1, 0.15) is 5.58 Å². The first-order chi connectivity index (χ1) is 26.2. The predicted molar refractivity (Wildman–Crippen MR) is 213 cm³/mol. The molecule has 11 rings (SSSR count). The van der Waals surface area contributed by atoms with E-state index in [0.717, 1.165) is 38.8 Å². The Labute approximate surface area is 310 Å². The molecule has 248 valence electrons. The molecule has 1 unspecified atom stereocenters. The van der Waals surface area contributed by atoms with Gasteiger partial charge in [-0.25, -0.2) is 15.0 Å². The molecule has 0 bridgehead atoms. The van der Waals surface area contributed by atoms with Crippen molar-refractivity contribution >= 4 is 22.7 Å². The van der Waals surface area contributed by atoms with Crippen LogP contribution in [0.4, 0.5) is 0 Å². The van der Waals surface area contributed by atoms with Crippen molar-refractivity contribution in [1.82, 2.24) is 15.0 Å². The van der Waals surface area contributed by atoms with E-state index in [4.69, 9.17) is 19.4 Å². The molecule has 0 saturated heterocycles. The van der Waals surface area contributed by atoms with Crippen molar-refractivity contribution in [3.8, 4) is 56.4 Å². The molecule has 3 heterocycles. The molecular weight excluding hydrogens is 667 g/mol. The summed E-state index contributed by atoms with van der Waals surface area (Å²) in [6.07, 6.45) is 1.79. The quantitative estimate of drug-likeness (QED) is 0.183. The topological polar surface area (TPSA) is 51.8 Å². The standard InChI is InChI=1S/C48H29N3OS/c1-3-11-31(12-4-1)45-49-46(32-13-5-2-6-14-32)51-47(50-45)33-21-19-30(20-22-33)34-23-24-44-41(28-34)48(39-17-9-10-18-43(39)53-44)38-16-8-7-15-36(38)37-27-35-25-26-52-42(35)29-40(37)48/h1-29H. The lowest BCUT2D eigenvalue weighted by Gasteiger charge is -2.40. The minimum atomic E-state index is -0.493. The molecule has 1 atom stereocenters. The Bertz CT molecular complexity index is 2810. The number of benzene rings is 7. The lowest BCUT2D eigenvalue weighted by Crippen LogP contribution is -2.32. The zero-order valence-electron chi connectivity index (χ0n) is 28.4. The fourth-order valence-corrected chi connectivity index (χ4v) is 9.46. The van der Waals surface area contributed by atoms with Crippen LogP contribution in [0.3, 0.4) is 0 Å². The summed E-state index contributed by atoms with van der Waals surface area (Å²) in [5, 5.41) is 1.12. The Balaban J connectivity index is 1.06. The van der Waals surface area contributed by atoms with E-state index in [1.807, 2.05) is 72.4 Å². The van der Waals surface area contributed by atoms with Gasteiger partial charge >= 0.3 is 0 Å². The van der Waals surface area contributed by atoms with Crippen molar-refractivity contribution < 1.29 is 4.42 Å². The van der Waals surface area contributed by atoms with E-state index < -0.39 is 5.41 Å². The number of hydrogen-bond acceptors (Lipinski definition) is 5. The van der Waals surface area contributed by atoms with E-state index in [0.29, 0.717) is 17.5 Å². The maximum atomic E-state index is 6.04. The first kappa shape index (κ1) is 30.1. The van der Waals surface area contributed by atoms with E-state index in [1.54, 1.807) is 6.26 Å². The lowest BCUT2D eigenvalue weighted by atomic mass is 9.67. The highest BCUT2D eigenvalue weighted by Crippen LogP contribution is 2.63. The summed E-state index contributed by atoms with van der Waals surface area (Å²) in [6.45, 7) is 0. The van der Waals surface area contributed by atoms with E-state index in [-0.39, 0.29) is 0 Å². The lowest BCUT2D eigenvalue weighted by molar-refractivity contribution is 0.614. The van der Waals surface area contributed by atoms with Gasteiger partial charge in [0.15, 0.2) is 17.5 Å². The van der Waals surface area contributed by atoms with Gasteiger partial charge in [-0.3, -0.25) is 0 Å². The molecule has 2 aromatic heterocycles. The Morgan fingerprint density at radius 2 is 0.962 bits per heavy atom. The predicted octanol–water partition coefficient (Wildman–Crippen LogP) is 12.1. The highest BCUT2D eigenvalue weighted by atomic mass is 32.2. The number of rotatable bonds is 4. The Kier molecular flexibility index (Phi) is 6.67. The van der Waals surface area contributed by atoms with Crippen LogP contribution >= 0.6 is 11.8 Å². The van der Waals surface area contributed by atoms with Crippen molar-refractivity contribution in [3.05, 3.63) is 198 Å². The Morgan fingerprint density at radius 1 is 0.396 bits per heavy atom. The van der Waals surface area contributed by atoms with E-state index in [9.17, 15) is 0 Å². The van der Waals surface area contributed by atoms with Gasteiger partial charge in [0, 0.05) is 31.9 Å². The smallest absolute Gasteiger partial charge is 0.164 e. The molecule has 1 spiro atoms. The molecular formula is C48H29N3OS. The van der Waals surface area contributed by atoms with Gasteiger partial charge in [0.05, 0.1) is 11.7 Å². The maximum absolute atomic E-state index is 6.04. The molecule has 0 saturated carbocycles. The van der Waals surface area contributed by atoms with Crippen LogP contribution in [0.25, 0.3) is 67.4 Å². The fraction of sp³-hybridized carbons (Fsp3) is 0.0208. The molecule has 2 aliphatic rings. The molecule has 0 fully saturated rings. The van der Waals surface area contributed by atoms with Crippen molar-refractivity contribution in [2.75, 3.05) is 0 Å². The average Bonchev–Trinajstić information content (AvgIpc) is 3.81. The van der Waals surface area contributed by atoms with Crippen LogP contribution in [-0.2, 0) is 5.41 Å². The Morgan fingerprint density at radius 3 is 1.68 bits per heavy atom. The number of hydrogen-bond donors (Lipinski definition) is 0. The van der Waals surface area contributed by atoms with Crippen LogP contribution in [0.5, 0.6) is 0 Å². The summed E-state index contributed by atoms with van der Waals surface area (Å²) in [6, 6.07) is 60.3. The first-order valence-corrected chi connectivity index (χ1v) is 18.6. The summed E-state index contributed by atoms with van der Waals surface area (Å²) in [5.41, 5.74) is 13.2. The molecule has 1 aliphatic carbocycles. The van der Waals surface area contributed by atoms with Crippen LogP contribution in [0.1, 0.15) is 22.3 Å². The van der Waals surface area contributed by atoms with Crippen molar-refractivity contribution in [3.63, 3.8) is 0 Å². The zero-order valence-corrected chi connectivity index (χ0v) is 29.2. The summed E-state index contributed by atoms with van der Waals surface area (Å²) in [4.78, 5) is 17.3. The summed E-state index contributed by atoms with van der Waals surface area (Å²) < 4.78 is 6.04. The molecule has 1 aliphatic heterocycles. The third-order valence-corrected chi connectivity index (χ3v) is 11.8. The van der Waals surface area contributed by atoms with Crippen LogP contribution in [0.15, 0.2) is 190 Å². The van der Waals surface area contributed by atoms with Gasteiger partial charge in [-0.1, -0.05) is 145 Å². The minimum absolute atomic E-state index is 0.493. The van der Waals surface area contributed by atoms with Gasteiger partial charge in [-0.05, 0) is 80.9 Å². The minimum Gasteiger partial charge on any atom is -0.464 e. The highest BCUT2D eigenvalue weighted by molar-refractivity contribution is 7.99. The third-order valence-electron chi connectivity index (χ3n) is 10.7. The second-order valence-electron chi connectivity index (χ2n) is 13.6. The summed E-state index contributed by atoms with van der Waals surface area (Å²) in [7, 11) is 0. The molecule has 53 heavy (non-hydrogen) atoms. The molecule has 7 aromatic carbocycles. The molecule has 5 heteroatoms. The second-order valence-corrected chi connectivity index (χ2v) is 14.7. The second kappa shape index (κ2) is 11.7. The average molecular weight is 696 g/mol. The largest absolute Gasteiger partial charge is 0.464 e.